The highest BCUT2D eigenvalue weighted by molar-refractivity contribution is 7.07. The van der Waals surface area contributed by atoms with Crippen LogP contribution in [0.25, 0.3) is 0 Å². The van der Waals surface area contributed by atoms with E-state index in [4.69, 9.17) is 0 Å². The fraction of sp³-hybridized carbons (Fsp3) is 0.250. The molecule has 0 spiro atoms. The van der Waals surface area contributed by atoms with Crippen molar-refractivity contribution < 1.29 is 0 Å². The van der Waals surface area contributed by atoms with Crippen molar-refractivity contribution in [2.45, 2.75) is 13.0 Å². The Bertz CT molecular complexity index is 172. The number of benzene rings is 1. The fourth-order valence-electron chi connectivity index (χ4n) is 0.712. The molecule has 0 aliphatic heterocycles. The Hall–Kier alpha value is -0.346. The van der Waals surface area contributed by atoms with Crippen LogP contribution in [0, 0.1) is 0 Å². The molecule has 0 fully saturated rings. The summed E-state index contributed by atoms with van der Waals surface area (Å²) < 4.78 is 0. The van der Waals surface area contributed by atoms with Crippen molar-refractivity contribution in [2.24, 2.45) is 0 Å². The topological polar surface area (TPSA) is 0 Å². The van der Waals surface area contributed by atoms with E-state index < -0.39 is 0 Å². The highest BCUT2D eigenvalue weighted by atomic mass is 29.1. The van der Waals surface area contributed by atoms with Crippen LogP contribution in [0.5, 0.6) is 0 Å². The molecule has 1 rings (SSSR count). The quantitative estimate of drug-likeness (QED) is 0.583. The van der Waals surface area contributed by atoms with Crippen LogP contribution in [0.1, 0.15) is 6.92 Å². The lowest BCUT2D eigenvalue weighted by Gasteiger charge is -1.94. The standard InChI is InChI=1S/C8H10Si2/c1-2-9-10-8-6-4-3-5-7-8/h3-7H,2H2,1H3. The minimum Gasteiger partial charge on any atom is -0.0684 e. The predicted octanol–water partition coefficient (Wildman–Crippen LogP) is 1.07. The zero-order valence-electron chi connectivity index (χ0n) is 6.09. The van der Waals surface area contributed by atoms with Crippen LogP contribution in [0.15, 0.2) is 30.3 Å². The summed E-state index contributed by atoms with van der Waals surface area (Å²) in [6.45, 7) is 2.24. The van der Waals surface area contributed by atoms with Crippen LogP contribution in [0.2, 0.25) is 6.04 Å². The molecular weight excluding hydrogens is 152 g/mol. The third-order valence-electron chi connectivity index (χ3n) is 1.18. The number of hydrogen-bond donors (Lipinski definition) is 0. The molecule has 0 N–H and O–H groups in total. The van der Waals surface area contributed by atoms with E-state index in [2.05, 4.69) is 37.3 Å². The molecule has 0 atom stereocenters. The second-order valence-corrected chi connectivity index (χ2v) is 5.72. The number of rotatable bonds is 3. The summed E-state index contributed by atoms with van der Waals surface area (Å²) in [4.78, 5) is 0. The summed E-state index contributed by atoms with van der Waals surface area (Å²) in [5.41, 5.74) is 0. The summed E-state index contributed by atoms with van der Waals surface area (Å²) in [6.07, 6.45) is 0. The monoisotopic (exact) mass is 162 g/mol. The van der Waals surface area contributed by atoms with E-state index in [9.17, 15) is 0 Å². The molecule has 0 aliphatic carbocycles. The normalized spacial score (nSPS) is 9.70. The molecule has 0 heterocycles. The third kappa shape index (κ3) is 2.50. The predicted molar refractivity (Wildman–Crippen MR) is 48.1 cm³/mol. The van der Waals surface area contributed by atoms with Crippen LogP contribution in [0.3, 0.4) is 0 Å². The molecular formula is C8H10Si2. The second kappa shape index (κ2) is 4.47. The SMILES string of the molecule is CC[Si][Si]c1ccccc1. The maximum absolute atomic E-state index is 2.24. The Morgan fingerprint density at radius 1 is 1.20 bits per heavy atom. The van der Waals surface area contributed by atoms with E-state index in [-0.39, 0.29) is 0 Å². The number of hydrogen-bond acceptors (Lipinski definition) is 0. The molecule has 0 bridgehead atoms. The molecule has 1 aromatic rings. The third-order valence-corrected chi connectivity index (χ3v) is 4.79. The van der Waals surface area contributed by atoms with Crippen molar-refractivity contribution in [2.75, 3.05) is 0 Å². The lowest BCUT2D eigenvalue weighted by molar-refractivity contribution is 1.47. The van der Waals surface area contributed by atoms with Crippen molar-refractivity contribution in [3.05, 3.63) is 30.3 Å². The van der Waals surface area contributed by atoms with Crippen LogP contribution in [0.4, 0.5) is 0 Å². The van der Waals surface area contributed by atoms with Gasteiger partial charge >= 0.3 is 0 Å². The van der Waals surface area contributed by atoms with Crippen LogP contribution < -0.4 is 5.19 Å². The van der Waals surface area contributed by atoms with Crippen LogP contribution in [-0.4, -0.2) is 18.1 Å². The molecule has 50 valence electrons. The molecule has 0 nitrogen and oxygen atoms in total. The molecule has 0 saturated heterocycles. The highest BCUT2D eigenvalue weighted by Crippen LogP contribution is 1.81. The summed E-state index contributed by atoms with van der Waals surface area (Å²) in [7, 11) is 2.15. The maximum Gasteiger partial charge on any atom is 0.0645 e. The van der Waals surface area contributed by atoms with Gasteiger partial charge in [0.05, 0.1) is 9.04 Å². The van der Waals surface area contributed by atoms with Gasteiger partial charge in [-0.3, -0.25) is 0 Å². The van der Waals surface area contributed by atoms with Gasteiger partial charge in [0.25, 0.3) is 0 Å². The molecule has 0 amide bonds. The summed E-state index contributed by atoms with van der Waals surface area (Å²) >= 11 is 0. The van der Waals surface area contributed by atoms with Gasteiger partial charge < -0.3 is 0 Å². The zero-order valence-corrected chi connectivity index (χ0v) is 8.09. The van der Waals surface area contributed by atoms with Gasteiger partial charge in [-0.1, -0.05) is 48.5 Å². The Morgan fingerprint density at radius 3 is 2.50 bits per heavy atom. The van der Waals surface area contributed by atoms with E-state index in [1.807, 2.05) is 0 Å². The van der Waals surface area contributed by atoms with E-state index in [0.29, 0.717) is 0 Å². The molecule has 1 aromatic carbocycles. The average molecular weight is 162 g/mol. The first-order valence-electron chi connectivity index (χ1n) is 3.47. The molecule has 0 aromatic heterocycles. The first kappa shape index (κ1) is 7.76. The van der Waals surface area contributed by atoms with E-state index in [1.54, 1.807) is 0 Å². The largest absolute Gasteiger partial charge is 0.0684 e. The molecule has 2 heteroatoms. The van der Waals surface area contributed by atoms with Crippen molar-refractivity contribution in [3.63, 3.8) is 0 Å². The fourth-order valence-corrected chi connectivity index (χ4v) is 3.09. The first-order chi connectivity index (χ1) is 4.93. The van der Waals surface area contributed by atoms with Gasteiger partial charge in [0, 0.05) is 9.04 Å². The van der Waals surface area contributed by atoms with Crippen LogP contribution >= 0.6 is 0 Å². The van der Waals surface area contributed by atoms with E-state index in [1.165, 1.54) is 11.2 Å². The van der Waals surface area contributed by atoms with Crippen LogP contribution in [-0.2, 0) is 0 Å². The summed E-state index contributed by atoms with van der Waals surface area (Å²) in [5.74, 6) is 0. The van der Waals surface area contributed by atoms with Gasteiger partial charge in [0.1, 0.15) is 0 Å². The van der Waals surface area contributed by atoms with E-state index in [0.717, 1.165) is 18.1 Å². The molecule has 10 heavy (non-hydrogen) atoms. The first-order valence-corrected chi connectivity index (χ1v) is 6.68. The minimum absolute atomic E-state index is 1.03. The van der Waals surface area contributed by atoms with Crippen molar-refractivity contribution in [1.82, 2.24) is 0 Å². The average Bonchev–Trinajstić information content (AvgIpc) is 2.03. The molecule has 4 radical (unpaired) electrons. The Labute approximate surface area is 67.1 Å². The Balaban J connectivity index is 2.43. The van der Waals surface area contributed by atoms with Crippen molar-refractivity contribution in [1.29, 1.82) is 0 Å². The highest BCUT2D eigenvalue weighted by Gasteiger charge is 1.90. The van der Waals surface area contributed by atoms with Gasteiger partial charge in [0.2, 0.25) is 0 Å². The molecule has 0 unspecified atom stereocenters. The lowest BCUT2D eigenvalue weighted by Crippen LogP contribution is -2.19. The molecule has 0 aliphatic rings. The smallest absolute Gasteiger partial charge is 0.0645 e. The Morgan fingerprint density at radius 2 is 1.90 bits per heavy atom. The van der Waals surface area contributed by atoms with Gasteiger partial charge in [-0.05, 0) is 0 Å². The minimum atomic E-state index is 1.03. The van der Waals surface area contributed by atoms with Gasteiger partial charge in [-0.25, -0.2) is 0 Å². The van der Waals surface area contributed by atoms with Gasteiger partial charge in [-0.2, -0.15) is 0 Å². The lowest BCUT2D eigenvalue weighted by atomic mass is 10.4. The Kier molecular flexibility index (Phi) is 3.46. The van der Waals surface area contributed by atoms with Crippen molar-refractivity contribution >= 4 is 23.3 Å². The maximum atomic E-state index is 2.24. The zero-order chi connectivity index (χ0) is 7.23. The van der Waals surface area contributed by atoms with Gasteiger partial charge in [-0.15, -0.1) is 0 Å². The molecule has 0 saturated carbocycles. The second-order valence-electron chi connectivity index (χ2n) is 2.02. The van der Waals surface area contributed by atoms with Crippen molar-refractivity contribution in [3.8, 4) is 0 Å². The van der Waals surface area contributed by atoms with E-state index >= 15 is 0 Å². The summed E-state index contributed by atoms with van der Waals surface area (Å²) in [5, 5.41) is 1.50. The summed E-state index contributed by atoms with van der Waals surface area (Å²) in [6, 6.07) is 12.0. The van der Waals surface area contributed by atoms with Gasteiger partial charge in [0.15, 0.2) is 0 Å².